The molecular formula is C22H25N3O2. The van der Waals surface area contributed by atoms with Gasteiger partial charge in [-0.1, -0.05) is 38.1 Å². The van der Waals surface area contributed by atoms with Gasteiger partial charge in [-0.25, -0.2) is 0 Å². The highest BCUT2D eigenvalue weighted by Crippen LogP contribution is 2.41. The van der Waals surface area contributed by atoms with E-state index in [0.29, 0.717) is 17.8 Å². The SMILES string of the molecule is CN1CC(=O)Nc2cc(C(=O)NC3CCC(C)(C)c4ccccc43)ccc21. The van der Waals surface area contributed by atoms with Gasteiger partial charge in [0.25, 0.3) is 5.91 Å². The number of likely N-dealkylation sites (N-methyl/N-ethyl adjacent to an activating group) is 1. The van der Waals surface area contributed by atoms with Crippen LogP contribution < -0.4 is 15.5 Å². The second-order valence-corrected chi connectivity index (χ2v) is 8.17. The first kappa shape index (κ1) is 17.6. The van der Waals surface area contributed by atoms with E-state index in [1.165, 1.54) is 11.1 Å². The Morgan fingerprint density at radius 1 is 1.22 bits per heavy atom. The van der Waals surface area contributed by atoms with Crippen LogP contribution in [0.15, 0.2) is 42.5 Å². The van der Waals surface area contributed by atoms with Crippen molar-refractivity contribution in [1.29, 1.82) is 0 Å². The molecule has 5 nitrogen and oxygen atoms in total. The quantitative estimate of drug-likeness (QED) is 0.857. The molecule has 0 aromatic heterocycles. The smallest absolute Gasteiger partial charge is 0.251 e. The predicted octanol–water partition coefficient (Wildman–Crippen LogP) is 3.62. The zero-order chi connectivity index (χ0) is 19.2. The van der Waals surface area contributed by atoms with Gasteiger partial charge in [0, 0.05) is 12.6 Å². The van der Waals surface area contributed by atoms with Crippen LogP contribution in [0.2, 0.25) is 0 Å². The number of carbonyl (C=O) groups excluding carboxylic acids is 2. The van der Waals surface area contributed by atoms with Crippen molar-refractivity contribution in [1.82, 2.24) is 5.32 Å². The Hall–Kier alpha value is -2.82. The van der Waals surface area contributed by atoms with E-state index in [-0.39, 0.29) is 23.3 Å². The average molecular weight is 363 g/mol. The minimum absolute atomic E-state index is 0.00928. The lowest BCUT2D eigenvalue weighted by atomic mass is 9.71. The molecule has 2 aromatic carbocycles. The van der Waals surface area contributed by atoms with Crippen LogP contribution in [0.4, 0.5) is 11.4 Å². The fourth-order valence-corrected chi connectivity index (χ4v) is 4.20. The number of nitrogens with one attached hydrogen (secondary N) is 2. The fourth-order valence-electron chi connectivity index (χ4n) is 4.20. The summed E-state index contributed by atoms with van der Waals surface area (Å²) in [5.74, 6) is -0.175. The summed E-state index contributed by atoms with van der Waals surface area (Å²) in [6, 6.07) is 13.9. The largest absolute Gasteiger partial charge is 0.364 e. The van der Waals surface area contributed by atoms with E-state index in [1.54, 1.807) is 6.07 Å². The summed E-state index contributed by atoms with van der Waals surface area (Å²) in [4.78, 5) is 26.6. The number of amides is 2. The molecule has 2 aliphatic rings. The number of rotatable bonds is 2. The Bertz CT molecular complexity index is 920. The van der Waals surface area contributed by atoms with Gasteiger partial charge in [0.15, 0.2) is 0 Å². The summed E-state index contributed by atoms with van der Waals surface area (Å²) in [5, 5.41) is 6.05. The summed E-state index contributed by atoms with van der Waals surface area (Å²) in [6.07, 6.45) is 1.94. The van der Waals surface area contributed by atoms with Crippen LogP contribution in [0.3, 0.4) is 0 Å². The molecule has 0 spiro atoms. The Kier molecular flexibility index (Phi) is 4.17. The molecule has 1 aliphatic heterocycles. The third kappa shape index (κ3) is 3.18. The molecule has 0 fully saturated rings. The lowest BCUT2D eigenvalue weighted by Crippen LogP contribution is -2.37. The van der Waals surface area contributed by atoms with Crippen LogP contribution in [0.25, 0.3) is 0 Å². The molecule has 2 amide bonds. The van der Waals surface area contributed by atoms with Gasteiger partial charge in [-0.2, -0.15) is 0 Å². The standard InChI is InChI=1S/C22H25N3O2/c1-22(2)11-10-17(15-6-4-5-7-16(15)22)24-21(27)14-8-9-19-18(12-14)23-20(26)13-25(19)3/h4-9,12,17H,10-11,13H2,1-3H3,(H,23,26)(H,24,27). The van der Waals surface area contributed by atoms with Gasteiger partial charge in [0.1, 0.15) is 0 Å². The summed E-state index contributed by atoms with van der Waals surface area (Å²) >= 11 is 0. The van der Waals surface area contributed by atoms with Gasteiger partial charge in [0.05, 0.1) is 24.0 Å². The molecule has 27 heavy (non-hydrogen) atoms. The molecular weight excluding hydrogens is 338 g/mol. The number of fused-ring (bicyclic) bond motifs is 2. The van der Waals surface area contributed by atoms with Crippen LogP contribution in [0, 0.1) is 0 Å². The van der Waals surface area contributed by atoms with E-state index in [2.05, 4.69) is 42.7 Å². The highest BCUT2D eigenvalue weighted by Gasteiger charge is 2.33. The number of carbonyl (C=O) groups is 2. The second-order valence-electron chi connectivity index (χ2n) is 8.17. The third-order valence-electron chi connectivity index (χ3n) is 5.75. The summed E-state index contributed by atoms with van der Waals surface area (Å²) in [6.45, 7) is 4.84. The zero-order valence-electron chi connectivity index (χ0n) is 16.0. The van der Waals surface area contributed by atoms with Gasteiger partial charge < -0.3 is 15.5 Å². The minimum atomic E-state index is -0.111. The molecule has 0 saturated heterocycles. The molecule has 0 bridgehead atoms. The molecule has 0 saturated carbocycles. The molecule has 5 heteroatoms. The zero-order valence-corrected chi connectivity index (χ0v) is 16.0. The van der Waals surface area contributed by atoms with E-state index in [9.17, 15) is 9.59 Å². The number of hydrogen-bond donors (Lipinski definition) is 2. The van der Waals surface area contributed by atoms with Gasteiger partial charge >= 0.3 is 0 Å². The van der Waals surface area contributed by atoms with Crippen molar-refractivity contribution in [2.45, 2.75) is 38.1 Å². The Labute approximate surface area is 159 Å². The molecule has 2 aromatic rings. The number of anilines is 2. The fraction of sp³-hybridized carbons (Fsp3) is 0.364. The molecule has 1 aliphatic carbocycles. The lowest BCUT2D eigenvalue weighted by molar-refractivity contribution is -0.115. The molecule has 2 N–H and O–H groups in total. The maximum absolute atomic E-state index is 12.9. The number of hydrogen-bond acceptors (Lipinski definition) is 3. The number of nitrogens with zero attached hydrogens (tertiary/aromatic N) is 1. The van der Waals surface area contributed by atoms with E-state index in [4.69, 9.17) is 0 Å². The van der Waals surface area contributed by atoms with Crippen molar-refractivity contribution < 1.29 is 9.59 Å². The van der Waals surface area contributed by atoms with E-state index >= 15 is 0 Å². The second kappa shape index (κ2) is 6.41. The van der Waals surface area contributed by atoms with Crippen molar-refractivity contribution in [3.8, 4) is 0 Å². The highest BCUT2D eigenvalue weighted by atomic mass is 16.2. The molecule has 4 rings (SSSR count). The van der Waals surface area contributed by atoms with Crippen molar-refractivity contribution in [2.24, 2.45) is 0 Å². The first-order valence-electron chi connectivity index (χ1n) is 9.40. The van der Waals surface area contributed by atoms with Crippen LogP contribution in [-0.4, -0.2) is 25.4 Å². The van der Waals surface area contributed by atoms with E-state index in [0.717, 1.165) is 18.5 Å². The van der Waals surface area contributed by atoms with Crippen LogP contribution in [-0.2, 0) is 10.2 Å². The molecule has 140 valence electrons. The van der Waals surface area contributed by atoms with Gasteiger partial charge in [-0.05, 0) is 47.6 Å². The van der Waals surface area contributed by atoms with Crippen LogP contribution in [0.1, 0.15) is 54.2 Å². The van der Waals surface area contributed by atoms with Crippen LogP contribution >= 0.6 is 0 Å². The first-order valence-corrected chi connectivity index (χ1v) is 9.40. The predicted molar refractivity (Wildman–Crippen MR) is 107 cm³/mol. The molecule has 1 heterocycles. The first-order chi connectivity index (χ1) is 12.8. The van der Waals surface area contributed by atoms with E-state index < -0.39 is 0 Å². The average Bonchev–Trinajstić information content (AvgIpc) is 2.63. The van der Waals surface area contributed by atoms with Gasteiger partial charge in [0.2, 0.25) is 5.91 Å². The highest BCUT2D eigenvalue weighted by molar-refractivity contribution is 6.04. The Balaban J connectivity index is 1.59. The Morgan fingerprint density at radius 2 is 2.00 bits per heavy atom. The van der Waals surface area contributed by atoms with Gasteiger partial charge in [-0.15, -0.1) is 0 Å². The minimum Gasteiger partial charge on any atom is -0.364 e. The van der Waals surface area contributed by atoms with Crippen molar-refractivity contribution in [2.75, 3.05) is 23.8 Å². The summed E-state index contributed by atoms with van der Waals surface area (Å²) in [5.41, 5.74) is 4.81. The molecule has 1 atom stereocenters. The lowest BCUT2D eigenvalue weighted by Gasteiger charge is -2.37. The normalized spacial score (nSPS) is 20.3. The van der Waals surface area contributed by atoms with Crippen molar-refractivity contribution >= 4 is 23.2 Å². The van der Waals surface area contributed by atoms with Crippen molar-refractivity contribution in [3.63, 3.8) is 0 Å². The number of benzene rings is 2. The molecule has 1 unspecified atom stereocenters. The van der Waals surface area contributed by atoms with E-state index in [1.807, 2.05) is 30.1 Å². The third-order valence-corrected chi connectivity index (χ3v) is 5.75. The summed E-state index contributed by atoms with van der Waals surface area (Å²) < 4.78 is 0. The Morgan fingerprint density at radius 3 is 2.81 bits per heavy atom. The maximum Gasteiger partial charge on any atom is 0.251 e. The molecule has 0 radical (unpaired) electrons. The van der Waals surface area contributed by atoms with Gasteiger partial charge in [-0.3, -0.25) is 9.59 Å². The summed E-state index contributed by atoms with van der Waals surface area (Å²) in [7, 11) is 1.87. The van der Waals surface area contributed by atoms with Crippen molar-refractivity contribution in [3.05, 3.63) is 59.2 Å². The maximum atomic E-state index is 12.9. The monoisotopic (exact) mass is 363 g/mol. The van der Waals surface area contributed by atoms with Crippen LogP contribution in [0.5, 0.6) is 0 Å². The topological polar surface area (TPSA) is 61.4 Å².